The minimum Gasteiger partial charge on any atom is -0.492 e. The van der Waals surface area contributed by atoms with E-state index in [9.17, 15) is 9.59 Å². The van der Waals surface area contributed by atoms with Crippen molar-refractivity contribution in [2.24, 2.45) is 5.92 Å². The first kappa shape index (κ1) is 14.1. The summed E-state index contributed by atoms with van der Waals surface area (Å²) >= 11 is 1.34. The van der Waals surface area contributed by atoms with Gasteiger partial charge in [0.1, 0.15) is 10.6 Å². The summed E-state index contributed by atoms with van der Waals surface area (Å²) < 4.78 is 10.7. The Bertz CT molecular complexity index is 502. The van der Waals surface area contributed by atoms with Crippen LogP contribution in [0.3, 0.4) is 0 Å². The number of hydrogen-bond donors (Lipinski definition) is 0. The Morgan fingerprint density at radius 3 is 2.79 bits per heavy atom. The number of hydrogen-bond acceptors (Lipinski definition) is 5. The lowest BCUT2D eigenvalue weighted by Crippen LogP contribution is -2.15. The lowest BCUT2D eigenvalue weighted by molar-refractivity contribution is 0.0528. The van der Waals surface area contributed by atoms with E-state index in [1.165, 1.54) is 11.3 Å². The molecule has 1 aromatic heterocycles. The molecule has 2 heterocycles. The zero-order valence-electron chi connectivity index (χ0n) is 11.4. The molecule has 0 bridgehead atoms. The molecule has 0 N–H and O–H groups in total. The number of carbonyl (C=O) groups excluding carboxylic acids is 2. The van der Waals surface area contributed by atoms with Crippen LogP contribution < -0.4 is 4.74 Å². The SMILES string of the molecule is CCOC(=O)c1sc2c(c1C(=O)C(C)C)OCCC2. The van der Waals surface area contributed by atoms with Gasteiger partial charge in [-0.25, -0.2) is 4.79 Å². The third-order valence-electron chi connectivity index (χ3n) is 2.96. The summed E-state index contributed by atoms with van der Waals surface area (Å²) in [6.07, 6.45) is 1.78. The second-order valence-corrected chi connectivity index (χ2v) is 5.86. The third-order valence-corrected chi connectivity index (χ3v) is 4.17. The van der Waals surface area contributed by atoms with Gasteiger partial charge in [0.25, 0.3) is 0 Å². The van der Waals surface area contributed by atoms with Crippen LogP contribution in [0.5, 0.6) is 5.75 Å². The van der Waals surface area contributed by atoms with Crippen LogP contribution in [-0.4, -0.2) is 25.0 Å². The van der Waals surface area contributed by atoms with E-state index >= 15 is 0 Å². The summed E-state index contributed by atoms with van der Waals surface area (Å²) in [6.45, 7) is 6.31. The summed E-state index contributed by atoms with van der Waals surface area (Å²) in [7, 11) is 0. The van der Waals surface area contributed by atoms with E-state index in [0.29, 0.717) is 29.4 Å². The highest BCUT2D eigenvalue weighted by atomic mass is 32.1. The van der Waals surface area contributed by atoms with E-state index in [4.69, 9.17) is 9.47 Å². The first-order valence-electron chi connectivity index (χ1n) is 6.56. The number of rotatable bonds is 4. The lowest BCUT2D eigenvalue weighted by atomic mass is 9.99. The minimum atomic E-state index is -0.422. The molecule has 0 spiro atoms. The number of carbonyl (C=O) groups is 2. The molecule has 0 aliphatic carbocycles. The van der Waals surface area contributed by atoms with Crippen molar-refractivity contribution >= 4 is 23.1 Å². The quantitative estimate of drug-likeness (QED) is 0.629. The number of ketones is 1. The normalized spacial score (nSPS) is 13.9. The van der Waals surface area contributed by atoms with Gasteiger partial charge in [0.2, 0.25) is 0 Å². The van der Waals surface area contributed by atoms with E-state index in [1.54, 1.807) is 6.92 Å². The molecule has 1 aliphatic rings. The first-order chi connectivity index (χ1) is 9.06. The second kappa shape index (κ2) is 5.74. The van der Waals surface area contributed by atoms with Crippen molar-refractivity contribution in [3.8, 4) is 5.75 Å². The average Bonchev–Trinajstić information content (AvgIpc) is 2.77. The molecule has 19 heavy (non-hydrogen) atoms. The van der Waals surface area contributed by atoms with Gasteiger partial charge < -0.3 is 9.47 Å². The van der Waals surface area contributed by atoms with Gasteiger partial charge in [-0.15, -0.1) is 11.3 Å². The van der Waals surface area contributed by atoms with Gasteiger partial charge in [0.05, 0.1) is 18.8 Å². The largest absolute Gasteiger partial charge is 0.492 e. The van der Waals surface area contributed by atoms with Crippen LogP contribution >= 0.6 is 11.3 Å². The van der Waals surface area contributed by atoms with Crippen molar-refractivity contribution < 1.29 is 19.1 Å². The molecule has 0 saturated carbocycles. The van der Waals surface area contributed by atoms with Crippen molar-refractivity contribution in [2.75, 3.05) is 13.2 Å². The number of thiophene rings is 1. The molecule has 0 unspecified atom stereocenters. The van der Waals surface area contributed by atoms with Gasteiger partial charge in [-0.3, -0.25) is 4.79 Å². The molecule has 0 fully saturated rings. The molecule has 1 aliphatic heterocycles. The topological polar surface area (TPSA) is 52.6 Å². The Morgan fingerprint density at radius 2 is 2.16 bits per heavy atom. The molecule has 0 amide bonds. The van der Waals surface area contributed by atoms with Gasteiger partial charge in [-0.05, 0) is 19.8 Å². The maximum atomic E-state index is 12.3. The van der Waals surface area contributed by atoms with Gasteiger partial charge >= 0.3 is 5.97 Å². The Hall–Kier alpha value is -1.36. The number of esters is 1. The van der Waals surface area contributed by atoms with Crippen LogP contribution in [0.4, 0.5) is 0 Å². The zero-order valence-corrected chi connectivity index (χ0v) is 12.3. The highest BCUT2D eigenvalue weighted by Gasteiger charge is 2.31. The van der Waals surface area contributed by atoms with Gasteiger partial charge in [-0.1, -0.05) is 13.8 Å². The number of ether oxygens (including phenoxy) is 2. The van der Waals surface area contributed by atoms with Crippen LogP contribution in [0.1, 0.15) is 52.1 Å². The first-order valence-corrected chi connectivity index (χ1v) is 7.37. The smallest absolute Gasteiger partial charge is 0.349 e. The average molecular weight is 282 g/mol. The molecule has 104 valence electrons. The molecule has 5 heteroatoms. The Labute approximate surface area is 116 Å². The summed E-state index contributed by atoms with van der Waals surface area (Å²) in [5.74, 6) is -0.0349. The Morgan fingerprint density at radius 1 is 1.42 bits per heavy atom. The number of Topliss-reactive ketones (excluding diaryl/α,β-unsaturated/α-hetero) is 1. The van der Waals surface area contributed by atoms with Crippen molar-refractivity contribution in [1.29, 1.82) is 0 Å². The molecule has 0 radical (unpaired) electrons. The fourth-order valence-corrected chi connectivity index (χ4v) is 3.22. The monoisotopic (exact) mass is 282 g/mol. The van der Waals surface area contributed by atoms with Gasteiger partial charge in [0.15, 0.2) is 5.78 Å². The highest BCUT2D eigenvalue weighted by molar-refractivity contribution is 7.14. The zero-order chi connectivity index (χ0) is 14.0. The van der Waals surface area contributed by atoms with Crippen molar-refractivity contribution in [2.45, 2.75) is 33.6 Å². The standard InChI is InChI=1S/C14H18O4S/c1-4-17-14(16)13-10(11(15)8(2)3)12-9(19-13)6-5-7-18-12/h8H,4-7H2,1-3H3. The molecule has 2 rings (SSSR count). The highest BCUT2D eigenvalue weighted by Crippen LogP contribution is 2.40. The summed E-state index contributed by atoms with van der Waals surface area (Å²) in [5.41, 5.74) is 0.424. The van der Waals surface area contributed by atoms with E-state index in [2.05, 4.69) is 0 Å². The van der Waals surface area contributed by atoms with E-state index in [0.717, 1.165) is 17.7 Å². The predicted molar refractivity (Wildman–Crippen MR) is 73.3 cm³/mol. The van der Waals surface area contributed by atoms with Crippen LogP contribution in [0.25, 0.3) is 0 Å². The molecule has 1 aromatic rings. The van der Waals surface area contributed by atoms with Gasteiger partial charge in [0, 0.05) is 10.8 Å². The molecular weight excluding hydrogens is 264 g/mol. The molecule has 0 atom stereocenters. The van der Waals surface area contributed by atoms with Crippen molar-refractivity contribution in [3.63, 3.8) is 0 Å². The summed E-state index contributed by atoms with van der Waals surface area (Å²) in [6, 6.07) is 0. The predicted octanol–water partition coefficient (Wildman–Crippen LogP) is 3.09. The van der Waals surface area contributed by atoms with Crippen LogP contribution in [0, 0.1) is 5.92 Å². The second-order valence-electron chi connectivity index (χ2n) is 4.75. The summed E-state index contributed by atoms with van der Waals surface area (Å²) in [4.78, 5) is 25.7. The van der Waals surface area contributed by atoms with Crippen molar-refractivity contribution in [3.05, 3.63) is 15.3 Å². The van der Waals surface area contributed by atoms with E-state index < -0.39 is 5.97 Å². The van der Waals surface area contributed by atoms with E-state index in [-0.39, 0.29) is 11.7 Å². The van der Waals surface area contributed by atoms with Crippen LogP contribution in [0.15, 0.2) is 0 Å². The van der Waals surface area contributed by atoms with E-state index in [1.807, 2.05) is 13.8 Å². The van der Waals surface area contributed by atoms with Gasteiger partial charge in [-0.2, -0.15) is 0 Å². The van der Waals surface area contributed by atoms with Crippen LogP contribution in [0.2, 0.25) is 0 Å². The fourth-order valence-electron chi connectivity index (χ4n) is 2.04. The Kier molecular flexibility index (Phi) is 4.24. The molecule has 0 aromatic carbocycles. The molecule has 4 nitrogen and oxygen atoms in total. The number of fused-ring (bicyclic) bond motifs is 1. The van der Waals surface area contributed by atoms with Crippen molar-refractivity contribution in [1.82, 2.24) is 0 Å². The lowest BCUT2D eigenvalue weighted by Gasteiger charge is -2.15. The maximum Gasteiger partial charge on any atom is 0.349 e. The molecular formula is C14H18O4S. The Balaban J connectivity index is 2.49. The molecule has 0 saturated heterocycles. The third kappa shape index (κ3) is 2.66. The number of aryl methyl sites for hydroxylation is 1. The van der Waals surface area contributed by atoms with Crippen LogP contribution in [-0.2, 0) is 11.2 Å². The minimum absolute atomic E-state index is 0.0533. The maximum absolute atomic E-state index is 12.3. The summed E-state index contributed by atoms with van der Waals surface area (Å²) in [5, 5.41) is 0. The fraction of sp³-hybridized carbons (Fsp3) is 0.571.